The molecular formula is C20H19NO2. The Labute approximate surface area is 136 Å². The van der Waals surface area contributed by atoms with Crippen molar-refractivity contribution in [3.63, 3.8) is 0 Å². The third-order valence-corrected chi connectivity index (χ3v) is 3.88. The van der Waals surface area contributed by atoms with Crippen molar-refractivity contribution >= 4 is 11.9 Å². The van der Waals surface area contributed by atoms with Crippen molar-refractivity contribution in [1.82, 2.24) is 0 Å². The van der Waals surface area contributed by atoms with Crippen molar-refractivity contribution in [2.75, 3.05) is 7.11 Å². The van der Waals surface area contributed by atoms with Crippen molar-refractivity contribution in [2.24, 2.45) is 0 Å². The Bertz CT molecular complexity index is 826. The summed E-state index contributed by atoms with van der Waals surface area (Å²) in [5.74, 6) is 0.291. The number of hydrogen-bond acceptors (Lipinski definition) is 3. The molecule has 23 heavy (non-hydrogen) atoms. The van der Waals surface area contributed by atoms with Gasteiger partial charge >= 0.3 is 0 Å². The van der Waals surface area contributed by atoms with Gasteiger partial charge in [-0.25, -0.2) is 0 Å². The summed E-state index contributed by atoms with van der Waals surface area (Å²) in [6.07, 6.45) is 1.66. The molecule has 0 spiro atoms. The predicted molar refractivity (Wildman–Crippen MR) is 91.6 cm³/mol. The summed E-state index contributed by atoms with van der Waals surface area (Å²) in [6, 6.07) is 12.9. The van der Waals surface area contributed by atoms with Crippen molar-refractivity contribution in [3.8, 4) is 11.8 Å². The highest BCUT2D eigenvalue weighted by Crippen LogP contribution is 2.21. The van der Waals surface area contributed by atoms with Crippen molar-refractivity contribution in [3.05, 3.63) is 69.8 Å². The number of ketones is 1. The lowest BCUT2D eigenvalue weighted by atomic mass is 9.97. The van der Waals surface area contributed by atoms with Crippen LogP contribution in [0, 0.1) is 32.1 Å². The highest BCUT2D eigenvalue weighted by atomic mass is 16.5. The van der Waals surface area contributed by atoms with E-state index in [1.807, 2.05) is 32.9 Å². The van der Waals surface area contributed by atoms with E-state index >= 15 is 0 Å². The van der Waals surface area contributed by atoms with Gasteiger partial charge in [0.25, 0.3) is 0 Å². The molecule has 0 bridgehead atoms. The van der Waals surface area contributed by atoms with E-state index in [0.717, 1.165) is 16.7 Å². The van der Waals surface area contributed by atoms with Crippen LogP contribution in [-0.4, -0.2) is 12.9 Å². The summed E-state index contributed by atoms with van der Waals surface area (Å²) in [4.78, 5) is 12.6. The van der Waals surface area contributed by atoms with Gasteiger partial charge in [0.05, 0.1) is 7.11 Å². The lowest BCUT2D eigenvalue weighted by Gasteiger charge is -2.07. The van der Waals surface area contributed by atoms with E-state index in [2.05, 4.69) is 6.07 Å². The maximum absolute atomic E-state index is 12.6. The Kier molecular flexibility index (Phi) is 4.98. The molecular weight excluding hydrogens is 286 g/mol. The summed E-state index contributed by atoms with van der Waals surface area (Å²) in [5, 5.41) is 9.39. The monoisotopic (exact) mass is 305 g/mol. The van der Waals surface area contributed by atoms with E-state index in [9.17, 15) is 10.1 Å². The molecule has 3 heteroatoms. The summed E-state index contributed by atoms with van der Waals surface area (Å²) in [5.41, 5.74) is 4.81. The van der Waals surface area contributed by atoms with Gasteiger partial charge in [-0.1, -0.05) is 24.3 Å². The topological polar surface area (TPSA) is 50.1 Å². The van der Waals surface area contributed by atoms with E-state index in [1.165, 1.54) is 5.56 Å². The fourth-order valence-electron chi connectivity index (χ4n) is 2.36. The molecule has 0 unspecified atom stereocenters. The quantitative estimate of drug-likeness (QED) is 0.477. The molecule has 0 aromatic heterocycles. The highest BCUT2D eigenvalue weighted by molar-refractivity contribution is 6.14. The van der Waals surface area contributed by atoms with Crippen LogP contribution in [0.3, 0.4) is 0 Å². The first-order valence-corrected chi connectivity index (χ1v) is 7.34. The van der Waals surface area contributed by atoms with E-state index in [0.29, 0.717) is 11.3 Å². The molecule has 2 aromatic rings. The molecule has 0 radical (unpaired) electrons. The van der Waals surface area contributed by atoms with Crippen LogP contribution < -0.4 is 4.74 Å². The smallest absolute Gasteiger partial charge is 0.203 e. The molecule has 0 aliphatic rings. The zero-order valence-corrected chi connectivity index (χ0v) is 13.8. The van der Waals surface area contributed by atoms with Gasteiger partial charge < -0.3 is 4.74 Å². The van der Waals surface area contributed by atoms with Crippen LogP contribution in [0.2, 0.25) is 0 Å². The zero-order valence-electron chi connectivity index (χ0n) is 13.8. The van der Waals surface area contributed by atoms with Crippen LogP contribution in [-0.2, 0) is 0 Å². The minimum atomic E-state index is -0.302. The number of hydrogen-bond donors (Lipinski definition) is 0. The maximum Gasteiger partial charge on any atom is 0.203 e. The lowest BCUT2D eigenvalue weighted by molar-refractivity contribution is 0.103. The summed E-state index contributed by atoms with van der Waals surface area (Å²) in [6.45, 7) is 6.04. The molecule has 0 heterocycles. The number of carbonyl (C=O) groups is 1. The summed E-state index contributed by atoms with van der Waals surface area (Å²) >= 11 is 0. The zero-order chi connectivity index (χ0) is 17.0. The number of aryl methyl sites for hydroxylation is 3. The normalized spacial score (nSPS) is 11.0. The second kappa shape index (κ2) is 6.93. The van der Waals surface area contributed by atoms with E-state index in [-0.39, 0.29) is 11.4 Å². The number of ether oxygens (including phenoxy) is 1. The number of rotatable bonds is 4. The van der Waals surface area contributed by atoms with E-state index in [1.54, 1.807) is 37.5 Å². The maximum atomic E-state index is 12.6. The second-order valence-electron chi connectivity index (χ2n) is 5.52. The summed E-state index contributed by atoms with van der Waals surface area (Å²) in [7, 11) is 1.54. The van der Waals surface area contributed by atoms with Crippen molar-refractivity contribution in [2.45, 2.75) is 20.8 Å². The van der Waals surface area contributed by atoms with E-state index < -0.39 is 0 Å². The average molecular weight is 305 g/mol. The first-order valence-electron chi connectivity index (χ1n) is 7.34. The molecule has 3 nitrogen and oxygen atoms in total. The lowest BCUT2D eigenvalue weighted by Crippen LogP contribution is -2.02. The second-order valence-corrected chi connectivity index (χ2v) is 5.52. The van der Waals surface area contributed by atoms with Gasteiger partial charge in [0.1, 0.15) is 17.4 Å². The molecule has 0 fully saturated rings. The number of carbonyl (C=O) groups excluding carboxylic acids is 1. The van der Waals surface area contributed by atoms with Crippen LogP contribution >= 0.6 is 0 Å². The predicted octanol–water partition coefficient (Wildman–Crippen LogP) is 4.41. The Morgan fingerprint density at radius 1 is 1.09 bits per heavy atom. The number of nitrogens with zero attached hydrogens (tertiary/aromatic N) is 1. The fraction of sp³-hybridized carbons (Fsp3) is 0.200. The van der Waals surface area contributed by atoms with Gasteiger partial charge in [-0.3, -0.25) is 4.79 Å². The van der Waals surface area contributed by atoms with Crippen LogP contribution in [0.4, 0.5) is 0 Å². The van der Waals surface area contributed by atoms with Crippen LogP contribution in [0.1, 0.15) is 32.6 Å². The Hall–Kier alpha value is -2.86. The Morgan fingerprint density at radius 3 is 2.43 bits per heavy atom. The first-order chi connectivity index (χ1) is 11.0. The van der Waals surface area contributed by atoms with Gasteiger partial charge in [-0.05, 0) is 61.2 Å². The highest BCUT2D eigenvalue weighted by Gasteiger charge is 2.13. The molecule has 0 aliphatic heterocycles. The minimum Gasteiger partial charge on any atom is -0.497 e. The molecule has 2 aromatic carbocycles. The number of Topliss-reactive ketones (excluding diaryl/α,β-unsaturated/α-hetero) is 1. The average Bonchev–Trinajstić information content (AvgIpc) is 2.56. The summed E-state index contributed by atoms with van der Waals surface area (Å²) < 4.78 is 5.13. The van der Waals surface area contributed by atoms with Gasteiger partial charge in [0, 0.05) is 5.56 Å². The van der Waals surface area contributed by atoms with Crippen molar-refractivity contribution in [1.29, 1.82) is 5.26 Å². The van der Waals surface area contributed by atoms with Crippen molar-refractivity contribution < 1.29 is 9.53 Å². The SMILES string of the molecule is COc1cccc(C(=O)/C(C#N)=C/c2cc(C)c(C)cc2C)c1. The van der Waals surface area contributed by atoms with Crippen LogP contribution in [0.25, 0.3) is 6.08 Å². The molecule has 0 saturated carbocycles. The van der Waals surface area contributed by atoms with Crippen LogP contribution in [0.15, 0.2) is 42.0 Å². The number of nitriles is 1. The number of allylic oxidation sites excluding steroid dienone is 1. The molecule has 2 rings (SSSR count). The van der Waals surface area contributed by atoms with Gasteiger partial charge in [-0.2, -0.15) is 5.26 Å². The molecule has 116 valence electrons. The third kappa shape index (κ3) is 3.67. The van der Waals surface area contributed by atoms with Crippen LogP contribution in [0.5, 0.6) is 5.75 Å². The molecule has 0 aliphatic carbocycles. The standard InChI is InChI=1S/C20H19NO2/c1-13-8-15(3)17(9-14(13)2)10-18(12-21)20(22)16-6-5-7-19(11-16)23-4/h5-11H,1-4H3/b18-10+. The van der Waals surface area contributed by atoms with Gasteiger partial charge in [0.2, 0.25) is 5.78 Å². The largest absolute Gasteiger partial charge is 0.497 e. The molecule has 0 atom stereocenters. The minimum absolute atomic E-state index is 0.115. The fourth-order valence-corrected chi connectivity index (χ4v) is 2.36. The number of methoxy groups -OCH3 is 1. The van der Waals surface area contributed by atoms with E-state index in [4.69, 9.17) is 4.74 Å². The molecule has 0 amide bonds. The van der Waals surface area contributed by atoms with Gasteiger partial charge in [-0.15, -0.1) is 0 Å². The molecule has 0 N–H and O–H groups in total. The Morgan fingerprint density at radius 2 is 1.78 bits per heavy atom. The molecule has 0 saturated heterocycles. The third-order valence-electron chi connectivity index (χ3n) is 3.88. The first kappa shape index (κ1) is 16.5. The van der Waals surface area contributed by atoms with Gasteiger partial charge in [0.15, 0.2) is 0 Å². The number of benzene rings is 2. The Balaban J connectivity index is 2.45.